The van der Waals surface area contributed by atoms with Gasteiger partial charge in [-0.25, -0.2) is 4.98 Å². The maximum atomic E-state index is 12.5. The Hall–Kier alpha value is -2.61. The van der Waals surface area contributed by atoms with Crippen LogP contribution in [0.5, 0.6) is 0 Å². The zero-order valence-electron chi connectivity index (χ0n) is 17.2. The molecular weight excluding hydrogens is 396 g/mol. The summed E-state index contributed by atoms with van der Waals surface area (Å²) in [7, 11) is 0. The summed E-state index contributed by atoms with van der Waals surface area (Å²) in [5, 5.41) is 1.15. The third kappa shape index (κ3) is 3.33. The molecular formula is C23H24N4O2S. The van der Waals surface area contributed by atoms with Crippen molar-refractivity contribution in [2.45, 2.75) is 19.9 Å². The van der Waals surface area contributed by atoms with E-state index in [-0.39, 0.29) is 6.04 Å². The number of aryl methyl sites for hydroxylation is 1. The summed E-state index contributed by atoms with van der Waals surface area (Å²) in [5.41, 5.74) is 3.33. The molecule has 154 valence electrons. The Balaban J connectivity index is 1.24. The van der Waals surface area contributed by atoms with E-state index < -0.39 is 11.7 Å². The van der Waals surface area contributed by atoms with Crippen molar-refractivity contribution in [2.75, 3.05) is 37.7 Å². The maximum Gasteiger partial charge on any atom is 0.300 e. The van der Waals surface area contributed by atoms with Crippen LogP contribution < -0.4 is 4.90 Å². The highest BCUT2D eigenvalue weighted by atomic mass is 32.1. The van der Waals surface area contributed by atoms with Crippen LogP contribution in [0.1, 0.15) is 33.9 Å². The average molecular weight is 421 g/mol. The van der Waals surface area contributed by atoms with E-state index in [2.05, 4.69) is 34.9 Å². The van der Waals surface area contributed by atoms with Crippen LogP contribution in [0.4, 0.5) is 5.69 Å². The highest BCUT2D eigenvalue weighted by Crippen LogP contribution is 2.32. The number of anilines is 1. The Kier molecular flexibility index (Phi) is 4.89. The molecule has 2 aliphatic heterocycles. The van der Waals surface area contributed by atoms with Crippen LogP contribution in [-0.4, -0.2) is 59.3 Å². The molecule has 2 aromatic carbocycles. The summed E-state index contributed by atoms with van der Waals surface area (Å²) in [6, 6.07) is 14.2. The molecule has 0 unspecified atom stereocenters. The minimum absolute atomic E-state index is 0.267. The van der Waals surface area contributed by atoms with E-state index in [4.69, 9.17) is 4.98 Å². The van der Waals surface area contributed by atoms with Crippen LogP contribution in [0.25, 0.3) is 10.2 Å². The Morgan fingerprint density at radius 1 is 1.07 bits per heavy atom. The molecule has 1 atom stereocenters. The highest BCUT2D eigenvalue weighted by molar-refractivity contribution is 7.18. The van der Waals surface area contributed by atoms with Gasteiger partial charge in [-0.15, -0.1) is 11.3 Å². The summed E-state index contributed by atoms with van der Waals surface area (Å²) in [4.78, 5) is 36.0. The van der Waals surface area contributed by atoms with Crippen LogP contribution >= 0.6 is 11.3 Å². The van der Waals surface area contributed by atoms with Gasteiger partial charge in [0.05, 0.1) is 34.2 Å². The van der Waals surface area contributed by atoms with Gasteiger partial charge in [-0.1, -0.05) is 23.8 Å². The first-order valence-corrected chi connectivity index (χ1v) is 11.1. The number of amides is 1. The monoisotopic (exact) mass is 420 g/mol. The second-order valence-corrected chi connectivity index (χ2v) is 9.14. The average Bonchev–Trinajstić information content (AvgIpc) is 3.29. The molecule has 7 heteroatoms. The van der Waals surface area contributed by atoms with E-state index in [1.807, 2.05) is 31.2 Å². The number of carbonyl (C=O) groups is 2. The molecule has 0 bridgehead atoms. The van der Waals surface area contributed by atoms with E-state index in [0.29, 0.717) is 12.2 Å². The first-order valence-electron chi connectivity index (χ1n) is 10.3. The molecule has 3 aromatic rings. The van der Waals surface area contributed by atoms with Crippen molar-refractivity contribution >= 4 is 38.9 Å². The van der Waals surface area contributed by atoms with Crippen LogP contribution in [-0.2, 0) is 4.79 Å². The number of aromatic nitrogens is 1. The lowest BCUT2D eigenvalue weighted by Crippen LogP contribution is -2.51. The van der Waals surface area contributed by atoms with E-state index >= 15 is 0 Å². The molecule has 1 aromatic heterocycles. The van der Waals surface area contributed by atoms with Gasteiger partial charge in [-0.3, -0.25) is 24.3 Å². The number of piperazine rings is 1. The molecule has 6 nitrogen and oxygen atoms in total. The van der Waals surface area contributed by atoms with Gasteiger partial charge < -0.3 is 0 Å². The fraction of sp³-hybridized carbons (Fsp3) is 0.348. The van der Waals surface area contributed by atoms with Crippen molar-refractivity contribution in [3.8, 4) is 0 Å². The van der Waals surface area contributed by atoms with Crippen LogP contribution in [0.2, 0.25) is 0 Å². The van der Waals surface area contributed by atoms with Crippen LogP contribution in [0, 0.1) is 6.92 Å². The Bertz CT molecular complexity index is 1100. The number of fused-ring (bicyclic) bond motifs is 2. The highest BCUT2D eigenvalue weighted by Gasteiger charge is 2.37. The number of nitrogens with zero attached hydrogens (tertiary/aromatic N) is 4. The molecule has 1 saturated heterocycles. The summed E-state index contributed by atoms with van der Waals surface area (Å²) in [6.07, 6.45) is 0. The summed E-state index contributed by atoms with van der Waals surface area (Å²) in [6.45, 7) is 8.15. The van der Waals surface area contributed by atoms with Gasteiger partial charge in [-0.05, 0) is 38.1 Å². The number of rotatable bonds is 4. The van der Waals surface area contributed by atoms with Gasteiger partial charge in [0.1, 0.15) is 5.01 Å². The van der Waals surface area contributed by atoms with Crippen molar-refractivity contribution in [3.63, 3.8) is 0 Å². The lowest BCUT2D eigenvalue weighted by Gasteiger charge is -2.38. The largest absolute Gasteiger partial charge is 0.300 e. The second kappa shape index (κ2) is 7.58. The summed E-state index contributed by atoms with van der Waals surface area (Å²) in [5.74, 6) is -0.808. The fourth-order valence-corrected chi connectivity index (χ4v) is 5.33. The lowest BCUT2D eigenvalue weighted by atomic mass is 10.1. The summed E-state index contributed by atoms with van der Waals surface area (Å²) >= 11 is 1.76. The SMILES string of the molecule is Cc1ccc2c(c1)C(=O)C(=O)N2CN1CCN([C@@H](C)c2nc3ccccc3s2)CC1. The van der Waals surface area contributed by atoms with Gasteiger partial charge in [0, 0.05) is 26.2 Å². The van der Waals surface area contributed by atoms with Gasteiger partial charge in [0.15, 0.2) is 0 Å². The van der Waals surface area contributed by atoms with Crippen molar-refractivity contribution in [1.82, 2.24) is 14.8 Å². The van der Waals surface area contributed by atoms with Crippen LogP contribution in [0.3, 0.4) is 0 Å². The smallest absolute Gasteiger partial charge is 0.292 e. The number of para-hydroxylation sites is 1. The van der Waals surface area contributed by atoms with Gasteiger partial charge in [-0.2, -0.15) is 0 Å². The number of hydrogen-bond donors (Lipinski definition) is 0. The number of hydrogen-bond acceptors (Lipinski definition) is 6. The molecule has 3 heterocycles. The van der Waals surface area contributed by atoms with Crippen molar-refractivity contribution in [2.24, 2.45) is 0 Å². The second-order valence-electron chi connectivity index (χ2n) is 8.07. The van der Waals surface area contributed by atoms with Crippen LogP contribution in [0.15, 0.2) is 42.5 Å². The van der Waals surface area contributed by atoms with Crippen molar-refractivity contribution in [1.29, 1.82) is 0 Å². The molecule has 0 saturated carbocycles. The van der Waals surface area contributed by atoms with Crippen molar-refractivity contribution < 1.29 is 9.59 Å². The van der Waals surface area contributed by atoms with E-state index in [1.165, 1.54) is 4.70 Å². The maximum absolute atomic E-state index is 12.5. The summed E-state index contributed by atoms with van der Waals surface area (Å²) < 4.78 is 1.23. The molecule has 2 aliphatic rings. The number of thiazole rings is 1. The van der Waals surface area contributed by atoms with E-state index in [0.717, 1.165) is 48.0 Å². The lowest BCUT2D eigenvalue weighted by molar-refractivity contribution is -0.114. The predicted octanol–water partition coefficient (Wildman–Crippen LogP) is 3.47. The minimum atomic E-state index is -0.416. The number of benzene rings is 2. The fourth-order valence-electron chi connectivity index (χ4n) is 4.27. The van der Waals surface area contributed by atoms with Gasteiger partial charge in [0.25, 0.3) is 5.78 Å². The normalized spacial score (nSPS) is 18.9. The first kappa shape index (κ1) is 19.4. The standard InChI is InChI=1S/C23H24N4O2S/c1-15-7-8-19-17(13-15)21(28)23(29)27(19)14-25-9-11-26(12-10-25)16(2)22-24-18-5-3-4-6-20(18)30-22/h3-8,13,16H,9-12,14H2,1-2H3/t16-/m0/s1. The van der Waals surface area contributed by atoms with Crippen molar-refractivity contribution in [3.05, 3.63) is 58.6 Å². The molecule has 1 fully saturated rings. The Morgan fingerprint density at radius 3 is 2.60 bits per heavy atom. The third-order valence-electron chi connectivity index (χ3n) is 6.09. The van der Waals surface area contributed by atoms with Gasteiger partial charge >= 0.3 is 5.91 Å². The van der Waals surface area contributed by atoms with E-state index in [9.17, 15) is 9.59 Å². The van der Waals surface area contributed by atoms with Gasteiger partial charge in [0.2, 0.25) is 0 Å². The molecule has 5 rings (SSSR count). The Morgan fingerprint density at radius 2 is 1.83 bits per heavy atom. The predicted molar refractivity (Wildman–Crippen MR) is 119 cm³/mol. The molecule has 0 aliphatic carbocycles. The number of ketones is 1. The Labute approximate surface area is 179 Å². The number of Topliss-reactive ketones (excluding diaryl/α,β-unsaturated/α-hetero) is 1. The number of carbonyl (C=O) groups excluding carboxylic acids is 2. The quantitative estimate of drug-likeness (QED) is 0.605. The minimum Gasteiger partial charge on any atom is -0.292 e. The molecule has 0 radical (unpaired) electrons. The topological polar surface area (TPSA) is 56.8 Å². The zero-order chi connectivity index (χ0) is 20.8. The molecule has 1 amide bonds. The first-order chi connectivity index (χ1) is 14.5. The van der Waals surface area contributed by atoms with E-state index in [1.54, 1.807) is 16.2 Å². The molecule has 0 spiro atoms. The zero-order valence-corrected chi connectivity index (χ0v) is 18.0. The third-order valence-corrected chi connectivity index (χ3v) is 7.30. The molecule has 0 N–H and O–H groups in total. The molecule has 30 heavy (non-hydrogen) atoms.